The second-order valence-electron chi connectivity index (χ2n) is 5.69. The van der Waals surface area contributed by atoms with Gasteiger partial charge in [0.2, 0.25) is 10.0 Å². The van der Waals surface area contributed by atoms with Crippen LogP contribution in [0.5, 0.6) is 5.75 Å². The zero-order chi connectivity index (χ0) is 19.3. The SMILES string of the molecule is CCN(CC)S(=O)(=O)c1ccc(OCc2ccccc2C)c([N+](=O)[O-])c1. The first kappa shape index (κ1) is 19.9. The summed E-state index contributed by atoms with van der Waals surface area (Å²) >= 11 is 0. The molecule has 0 aliphatic carbocycles. The Labute approximate surface area is 153 Å². The van der Waals surface area contributed by atoms with Crippen LogP contribution >= 0.6 is 0 Å². The Bertz CT molecular complexity index is 892. The summed E-state index contributed by atoms with van der Waals surface area (Å²) in [5, 5.41) is 11.4. The van der Waals surface area contributed by atoms with Crippen molar-refractivity contribution in [1.29, 1.82) is 0 Å². The van der Waals surface area contributed by atoms with E-state index >= 15 is 0 Å². The molecule has 8 heteroatoms. The van der Waals surface area contributed by atoms with E-state index in [4.69, 9.17) is 4.74 Å². The standard InChI is InChI=1S/C18H22N2O5S/c1-4-19(5-2)26(23,24)16-10-11-18(17(12-16)20(21)22)25-13-15-9-7-6-8-14(15)3/h6-12H,4-5,13H2,1-3H3. The quantitative estimate of drug-likeness (QED) is 0.518. The predicted octanol–water partition coefficient (Wildman–Crippen LogP) is 3.51. The molecule has 0 saturated heterocycles. The number of hydrogen-bond donors (Lipinski definition) is 0. The molecule has 140 valence electrons. The Morgan fingerprint density at radius 1 is 1.12 bits per heavy atom. The molecule has 7 nitrogen and oxygen atoms in total. The maximum absolute atomic E-state index is 12.6. The Balaban J connectivity index is 2.35. The molecule has 0 bridgehead atoms. The van der Waals surface area contributed by atoms with Crippen LogP contribution in [0.4, 0.5) is 5.69 Å². The smallest absolute Gasteiger partial charge is 0.312 e. The molecule has 0 fully saturated rings. The van der Waals surface area contributed by atoms with Gasteiger partial charge in [0, 0.05) is 19.2 Å². The fourth-order valence-electron chi connectivity index (χ4n) is 2.56. The average Bonchev–Trinajstić information content (AvgIpc) is 2.61. The van der Waals surface area contributed by atoms with Gasteiger partial charge in [-0.1, -0.05) is 38.1 Å². The molecule has 0 aliphatic heterocycles. The van der Waals surface area contributed by atoms with Gasteiger partial charge in [-0.05, 0) is 30.2 Å². The monoisotopic (exact) mass is 378 g/mol. The number of sulfonamides is 1. The molecule has 0 heterocycles. The van der Waals surface area contributed by atoms with E-state index in [9.17, 15) is 18.5 Å². The molecule has 0 unspecified atom stereocenters. The second-order valence-corrected chi connectivity index (χ2v) is 7.63. The second kappa shape index (κ2) is 8.29. The molecule has 0 radical (unpaired) electrons. The minimum Gasteiger partial charge on any atom is -0.482 e. The Kier molecular flexibility index (Phi) is 6.33. The molecule has 26 heavy (non-hydrogen) atoms. The van der Waals surface area contributed by atoms with E-state index in [1.807, 2.05) is 31.2 Å². The van der Waals surface area contributed by atoms with Crippen molar-refractivity contribution >= 4 is 15.7 Å². The molecule has 0 N–H and O–H groups in total. The maximum Gasteiger partial charge on any atom is 0.312 e. The fourth-order valence-corrected chi connectivity index (χ4v) is 4.04. The van der Waals surface area contributed by atoms with Crippen LogP contribution in [0.25, 0.3) is 0 Å². The summed E-state index contributed by atoms with van der Waals surface area (Å²) in [5.74, 6) is 0.0387. The molecule has 2 aromatic rings. The number of rotatable bonds is 8. The molecule has 0 aliphatic rings. The molecular weight excluding hydrogens is 356 g/mol. The molecular formula is C18H22N2O5S. The van der Waals surface area contributed by atoms with Crippen molar-refractivity contribution in [3.8, 4) is 5.75 Å². The predicted molar refractivity (Wildman–Crippen MR) is 98.7 cm³/mol. The Morgan fingerprint density at radius 3 is 2.35 bits per heavy atom. The molecule has 2 rings (SSSR count). The van der Waals surface area contributed by atoms with E-state index in [0.717, 1.165) is 17.2 Å². The van der Waals surface area contributed by atoms with Gasteiger partial charge < -0.3 is 4.74 Å². The van der Waals surface area contributed by atoms with E-state index < -0.39 is 14.9 Å². The van der Waals surface area contributed by atoms with Crippen molar-refractivity contribution in [2.24, 2.45) is 0 Å². The molecule has 0 spiro atoms. The van der Waals surface area contributed by atoms with Crippen LogP contribution < -0.4 is 4.74 Å². The van der Waals surface area contributed by atoms with Gasteiger partial charge in [0.05, 0.1) is 9.82 Å². The largest absolute Gasteiger partial charge is 0.482 e. The highest BCUT2D eigenvalue weighted by molar-refractivity contribution is 7.89. The van der Waals surface area contributed by atoms with E-state index in [0.29, 0.717) is 0 Å². The lowest BCUT2D eigenvalue weighted by Crippen LogP contribution is -2.30. The third-order valence-corrected chi connectivity index (χ3v) is 6.16. The summed E-state index contributed by atoms with van der Waals surface area (Å²) in [7, 11) is -3.77. The highest BCUT2D eigenvalue weighted by Crippen LogP contribution is 2.31. The first-order chi connectivity index (χ1) is 12.3. The minimum absolute atomic E-state index is 0.0387. The highest BCUT2D eigenvalue weighted by Gasteiger charge is 2.26. The van der Waals surface area contributed by atoms with Crippen molar-refractivity contribution < 1.29 is 18.1 Å². The number of nitrogens with zero attached hydrogens (tertiary/aromatic N) is 2. The summed E-state index contributed by atoms with van der Waals surface area (Å²) in [6.07, 6.45) is 0. The van der Waals surface area contributed by atoms with E-state index in [-0.39, 0.29) is 36.0 Å². The first-order valence-electron chi connectivity index (χ1n) is 8.27. The zero-order valence-corrected chi connectivity index (χ0v) is 15.8. The van der Waals surface area contributed by atoms with E-state index in [2.05, 4.69) is 0 Å². The fraction of sp³-hybridized carbons (Fsp3) is 0.333. The molecule has 0 aromatic heterocycles. The number of nitro groups is 1. The number of hydrogen-bond acceptors (Lipinski definition) is 5. The summed E-state index contributed by atoms with van der Waals surface area (Å²) < 4.78 is 32.0. The summed E-state index contributed by atoms with van der Waals surface area (Å²) in [6.45, 7) is 6.10. The summed E-state index contributed by atoms with van der Waals surface area (Å²) in [5.41, 5.74) is 1.55. The van der Waals surface area contributed by atoms with Crippen molar-refractivity contribution in [1.82, 2.24) is 4.31 Å². The van der Waals surface area contributed by atoms with Gasteiger partial charge >= 0.3 is 5.69 Å². The van der Waals surface area contributed by atoms with Crippen molar-refractivity contribution in [3.63, 3.8) is 0 Å². The van der Waals surface area contributed by atoms with E-state index in [1.54, 1.807) is 13.8 Å². The third-order valence-electron chi connectivity index (χ3n) is 4.11. The van der Waals surface area contributed by atoms with Gasteiger partial charge in [-0.2, -0.15) is 4.31 Å². The van der Waals surface area contributed by atoms with Crippen LogP contribution in [0, 0.1) is 17.0 Å². The summed E-state index contributed by atoms with van der Waals surface area (Å²) in [6, 6.07) is 11.3. The number of benzene rings is 2. The number of aryl methyl sites for hydroxylation is 1. The van der Waals surface area contributed by atoms with Crippen LogP contribution in [0.3, 0.4) is 0 Å². The Morgan fingerprint density at radius 2 is 1.77 bits per heavy atom. The van der Waals surface area contributed by atoms with Crippen LogP contribution in [0.1, 0.15) is 25.0 Å². The third kappa shape index (κ3) is 4.20. The van der Waals surface area contributed by atoms with Crippen LogP contribution in [-0.4, -0.2) is 30.7 Å². The zero-order valence-electron chi connectivity index (χ0n) is 15.0. The molecule has 0 atom stereocenters. The van der Waals surface area contributed by atoms with Gasteiger partial charge in [-0.3, -0.25) is 10.1 Å². The van der Waals surface area contributed by atoms with Gasteiger partial charge in [-0.15, -0.1) is 0 Å². The van der Waals surface area contributed by atoms with Gasteiger partial charge in [0.25, 0.3) is 0 Å². The van der Waals surface area contributed by atoms with Crippen LogP contribution in [0.2, 0.25) is 0 Å². The van der Waals surface area contributed by atoms with Gasteiger partial charge in [0.15, 0.2) is 5.75 Å². The first-order valence-corrected chi connectivity index (χ1v) is 9.71. The van der Waals surface area contributed by atoms with Crippen LogP contribution in [0.15, 0.2) is 47.4 Å². The number of ether oxygens (including phenoxy) is 1. The topological polar surface area (TPSA) is 89.8 Å². The summed E-state index contributed by atoms with van der Waals surface area (Å²) in [4.78, 5) is 10.7. The molecule has 2 aromatic carbocycles. The van der Waals surface area contributed by atoms with E-state index in [1.165, 1.54) is 16.4 Å². The molecule has 0 saturated carbocycles. The average molecular weight is 378 g/mol. The number of nitro benzene ring substituents is 1. The van der Waals surface area contributed by atoms with Gasteiger partial charge in [0.1, 0.15) is 6.61 Å². The lowest BCUT2D eigenvalue weighted by Gasteiger charge is -2.18. The lowest BCUT2D eigenvalue weighted by atomic mass is 10.1. The highest BCUT2D eigenvalue weighted by atomic mass is 32.2. The minimum atomic E-state index is -3.77. The lowest BCUT2D eigenvalue weighted by molar-refractivity contribution is -0.386. The Hall–Kier alpha value is -2.45. The van der Waals surface area contributed by atoms with Gasteiger partial charge in [-0.25, -0.2) is 8.42 Å². The maximum atomic E-state index is 12.6. The van der Waals surface area contributed by atoms with Crippen molar-refractivity contribution in [2.45, 2.75) is 32.3 Å². The molecule has 0 amide bonds. The van der Waals surface area contributed by atoms with Crippen molar-refractivity contribution in [3.05, 3.63) is 63.7 Å². The van der Waals surface area contributed by atoms with Crippen molar-refractivity contribution in [2.75, 3.05) is 13.1 Å². The normalized spacial score (nSPS) is 11.5. The van der Waals surface area contributed by atoms with Crippen LogP contribution in [-0.2, 0) is 16.6 Å².